The number of amides is 2. The number of carbonyl (C=O) groups excluding carboxylic acids is 2. The highest BCUT2D eigenvalue weighted by atomic mass is 19.4. The van der Waals surface area contributed by atoms with Crippen LogP contribution in [0.2, 0.25) is 0 Å². The number of nitrogens with one attached hydrogen (secondary N) is 1. The Kier molecular flexibility index (Phi) is 5.92. The molecule has 0 bridgehead atoms. The Hall–Kier alpha value is -2.25. The molecule has 0 aliphatic carbocycles. The van der Waals surface area contributed by atoms with Gasteiger partial charge >= 0.3 is 12.3 Å². The van der Waals surface area contributed by atoms with E-state index in [1.54, 1.807) is 6.92 Å². The lowest BCUT2D eigenvalue weighted by Gasteiger charge is -2.31. The number of hydrogen-bond donors (Lipinski definition) is 1. The highest BCUT2D eigenvalue weighted by Crippen LogP contribution is 2.33. The Morgan fingerprint density at radius 1 is 1.36 bits per heavy atom. The smallest absolute Gasteiger partial charge is 0.416 e. The lowest BCUT2D eigenvalue weighted by atomic mass is 9.97. The fourth-order valence-corrected chi connectivity index (χ4v) is 2.82. The first kappa shape index (κ1) is 19.1. The van der Waals surface area contributed by atoms with E-state index in [-0.39, 0.29) is 24.4 Å². The monoisotopic (exact) mass is 358 g/mol. The number of nitrogens with zero attached hydrogens (tertiary/aromatic N) is 1. The van der Waals surface area contributed by atoms with Crippen molar-refractivity contribution in [1.29, 1.82) is 0 Å². The first-order valence-electron chi connectivity index (χ1n) is 8.12. The Balaban J connectivity index is 2.05. The summed E-state index contributed by atoms with van der Waals surface area (Å²) in [6, 6.07) is 3.69. The number of carbonyl (C=O) groups is 2. The van der Waals surface area contributed by atoms with E-state index in [4.69, 9.17) is 4.74 Å². The van der Waals surface area contributed by atoms with Crippen molar-refractivity contribution in [3.05, 3.63) is 29.3 Å². The second kappa shape index (κ2) is 7.76. The normalized spacial score (nSPS) is 18.0. The van der Waals surface area contributed by atoms with E-state index >= 15 is 0 Å². The van der Waals surface area contributed by atoms with E-state index in [1.807, 2.05) is 0 Å². The van der Waals surface area contributed by atoms with Gasteiger partial charge in [0.25, 0.3) is 0 Å². The van der Waals surface area contributed by atoms with Crippen LogP contribution in [0.4, 0.5) is 23.7 Å². The number of hydrogen-bond acceptors (Lipinski definition) is 3. The van der Waals surface area contributed by atoms with E-state index in [0.29, 0.717) is 19.4 Å². The molecule has 1 aliphatic heterocycles. The van der Waals surface area contributed by atoms with Crippen molar-refractivity contribution in [3.8, 4) is 0 Å². The Labute approximate surface area is 144 Å². The molecule has 1 aromatic carbocycles. The summed E-state index contributed by atoms with van der Waals surface area (Å²) in [5.41, 5.74) is -0.588. The Bertz CT molecular complexity index is 647. The van der Waals surface area contributed by atoms with Crippen molar-refractivity contribution in [3.63, 3.8) is 0 Å². The number of piperidine rings is 1. The lowest BCUT2D eigenvalue weighted by Crippen LogP contribution is -2.44. The molecule has 1 N–H and O–H groups in total. The molecule has 5 nitrogen and oxygen atoms in total. The zero-order valence-electron chi connectivity index (χ0n) is 14.2. The number of alkyl halides is 3. The van der Waals surface area contributed by atoms with Gasteiger partial charge in [-0.25, -0.2) is 4.79 Å². The number of rotatable bonds is 3. The molecule has 2 rings (SSSR count). The molecule has 1 aromatic rings. The average molecular weight is 358 g/mol. The third-order valence-corrected chi connectivity index (χ3v) is 4.13. The van der Waals surface area contributed by atoms with Crippen LogP contribution in [0.5, 0.6) is 0 Å². The van der Waals surface area contributed by atoms with Gasteiger partial charge in [0.2, 0.25) is 5.91 Å². The molecule has 138 valence electrons. The average Bonchev–Trinajstić information content (AvgIpc) is 2.56. The topological polar surface area (TPSA) is 58.6 Å². The molecule has 0 saturated carbocycles. The van der Waals surface area contributed by atoms with Crippen LogP contribution in [-0.4, -0.2) is 36.6 Å². The number of ether oxygens (including phenoxy) is 1. The molecular weight excluding hydrogens is 337 g/mol. The molecular formula is C17H21F3N2O3. The van der Waals surface area contributed by atoms with Gasteiger partial charge in [-0.1, -0.05) is 6.07 Å². The van der Waals surface area contributed by atoms with Gasteiger partial charge in [0.05, 0.1) is 18.1 Å². The quantitative estimate of drug-likeness (QED) is 0.894. The van der Waals surface area contributed by atoms with Crippen molar-refractivity contribution in [1.82, 2.24) is 4.90 Å². The van der Waals surface area contributed by atoms with Crippen LogP contribution in [0.15, 0.2) is 18.2 Å². The Morgan fingerprint density at radius 2 is 2.08 bits per heavy atom. The van der Waals surface area contributed by atoms with Crippen LogP contribution in [0.3, 0.4) is 0 Å². The molecule has 1 unspecified atom stereocenters. The summed E-state index contributed by atoms with van der Waals surface area (Å²) in [4.78, 5) is 25.6. The van der Waals surface area contributed by atoms with E-state index in [1.165, 1.54) is 24.0 Å². The minimum Gasteiger partial charge on any atom is -0.450 e. The second-order valence-electron chi connectivity index (χ2n) is 6.00. The fraction of sp³-hybridized carbons (Fsp3) is 0.529. The first-order chi connectivity index (χ1) is 11.7. The van der Waals surface area contributed by atoms with E-state index in [9.17, 15) is 22.8 Å². The molecule has 8 heteroatoms. The molecule has 2 amide bonds. The summed E-state index contributed by atoms with van der Waals surface area (Å²) in [6.07, 6.45) is -3.75. The van der Waals surface area contributed by atoms with Gasteiger partial charge in [-0.2, -0.15) is 13.2 Å². The summed E-state index contributed by atoms with van der Waals surface area (Å²) < 4.78 is 43.8. The van der Waals surface area contributed by atoms with E-state index < -0.39 is 29.7 Å². The summed E-state index contributed by atoms with van der Waals surface area (Å²) in [5, 5.41) is 2.53. The summed E-state index contributed by atoms with van der Waals surface area (Å²) >= 11 is 0. The molecule has 0 aromatic heterocycles. The highest BCUT2D eigenvalue weighted by molar-refractivity contribution is 5.93. The highest BCUT2D eigenvalue weighted by Gasteiger charge is 2.33. The van der Waals surface area contributed by atoms with Crippen molar-refractivity contribution in [2.24, 2.45) is 5.92 Å². The number of likely N-dealkylation sites (tertiary alicyclic amines) is 1. The van der Waals surface area contributed by atoms with Crippen LogP contribution in [0.1, 0.15) is 30.9 Å². The molecule has 1 aliphatic rings. The zero-order chi connectivity index (χ0) is 18.6. The van der Waals surface area contributed by atoms with Crippen molar-refractivity contribution in [2.75, 3.05) is 25.0 Å². The number of anilines is 1. The van der Waals surface area contributed by atoms with Crippen LogP contribution >= 0.6 is 0 Å². The maximum absolute atomic E-state index is 13.0. The molecule has 1 saturated heterocycles. The second-order valence-corrected chi connectivity index (χ2v) is 6.00. The molecule has 0 spiro atoms. The van der Waals surface area contributed by atoms with Crippen LogP contribution in [-0.2, 0) is 15.7 Å². The number of halogens is 3. The molecule has 1 atom stereocenters. The standard InChI is InChI=1S/C17H21F3N2O3/c1-3-25-16(24)22-8-4-5-12(10-22)15(23)21-13-7-6-11(2)14(9-13)17(18,19)20/h6-7,9,12H,3-5,8,10H2,1-2H3,(H,21,23). The summed E-state index contributed by atoms with van der Waals surface area (Å²) in [7, 11) is 0. The van der Waals surface area contributed by atoms with Gasteiger partial charge < -0.3 is 15.0 Å². The van der Waals surface area contributed by atoms with Gasteiger partial charge in [-0.3, -0.25) is 4.79 Å². The number of benzene rings is 1. The maximum atomic E-state index is 13.0. The van der Waals surface area contributed by atoms with E-state index in [2.05, 4.69) is 5.32 Å². The molecule has 1 heterocycles. The van der Waals surface area contributed by atoms with Gasteiger partial charge in [-0.15, -0.1) is 0 Å². The van der Waals surface area contributed by atoms with Gasteiger partial charge in [0, 0.05) is 18.8 Å². The van der Waals surface area contributed by atoms with Crippen molar-refractivity contribution < 1.29 is 27.5 Å². The van der Waals surface area contributed by atoms with Crippen LogP contribution < -0.4 is 5.32 Å². The molecule has 0 radical (unpaired) electrons. The largest absolute Gasteiger partial charge is 0.450 e. The first-order valence-corrected chi connectivity index (χ1v) is 8.12. The third kappa shape index (κ3) is 4.87. The van der Waals surface area contributed by atoms with Crippen LogP contribution in [0, 0.1) is 12.8 Å². The maximum Gasteiger partial charge on any atom is 0.416 e. The van der Waals surface area contributed by atoms with Crippen molar-refractivity contribution >= 4 is 17.7 Å². The minimum atomic E-state index is -4.48. The minimum absolute atomic E-state index is 0.0937. The SMILES string of the molecule is CCOC(=O)N1CCCC(C(=O)Nc2ccc(C)c(C(F)(F)F)c2)C1. The third-order valence-electron chi connectivity index (χ3n) is 4.13. The van der Waals surface area contributed by atoms with Gasteiger partial charge in [0.1, 0.15) is 0 Å². The summed E-state index contributed by atoms with van der Waals surface area (Å²) in [6.45, 7) is 4.01. The van der Waals surface area contributed by atoms with E-state index in [0.717, 1.165) is 6.07 Å². The predicted octanol–water partition coefficient (Wildman–Crippen LogP) is 3.82. The molecule has 25 heavy (non-hydrogen) atoms. The van der Waals surface area contributed by atoms with Gasteiger partial charge in [-0.05, 0) is 44.4 Å². The zero-order valence-corrected chi connectivity index (χ0v) is 14.2. The summed E-state index contributed by atoms with van der Waals surface area (Å²) in [5.74, 6) is -0.875. The number of aryl methyl sites for hydroxylation is 1. The van der Waals surface area contributed by atoms with Crippen LogP contribution in [0.25, 0.3) is 0 Å². The van der Waals surface area contributed by atoms with Gasteiger partial charge in [0.15, 0.2) is 0 Å². The molecule has 1 fully saturated rings. The Morgan fingerprint density at radius 3 is 2.72 bits per heavy atom. The predicted molar refractivity (Wildman–Crippen MR) is 86.1 cm³/mol. The lowest BCUT2D eigenvalue weighted by molar-refractivity contribution is -0.138. The van der Waals surface area contributed by atoms with Crippen molar-refractivity contribution in [2.45, 2.75) is 32.9 Å². The fourth-order valence-electron chi connectivity index (χ4n) is 2.82.